The first-order valence-corrected chi connectivity index (χ1v) is 6.87. The van der Waals surface area contributed by atoms with Crippen LogP contribution in [0.2, 0.25) is 0 Å². The van der Waals surface area contributed by atoms with E-state index in [0.29, 0.717) is 0 Å². The fourth-order valence-corrected chi connectivity index (χ4v) is 1.74. The van der Waals surface area contributed by atoms with E-state index in [-0.39, 0.29) is 16.8 Å². The van der Waals surface area contributed by atoms with Crippen molar-refractivity contribution in [1.29, 1.82) is 5.26 Å². The molecule has 0 unspecified atom stereocenters. The Bertz CT molecular complexity index is 705. The molecule has 0 atom stereocenters. The molecule has 6 nitrogen and oxygen atoms in total. The molecule has 0 fully saturated rings. The SMILES string of the molecule is COC(=O)C#Cc1ccc(C#N)cc1NS(C)(=O)=O. The van der Waals surface area contributed by atoms with Crippen molar-refractivity contribution in [2.24, 2.45) is 0 Å². The molecule has 98 valence electrons. The quantitative estimate of drug-likeness (QED) is 0.626. The molecule has 0 amide bonds. The first kappa shape index (κ1) is 14.6. The molecule has 0 aliphatic carbocycles. The van der Waals surface area contributed by atoms with Gasteiger partial charge in [-0.15, -0.1) is 0 Å². The summed E-state index contributed by atoms with van der Waals surface area (Å²) in [5.41, 5.74) is 0.683. The van der Waals surface area contributed by atoms with Crippen molar-refractivity contribution in [3.05, 3.63) is 29.3 Å². The van der Waals surface area contributed by atoms with Crippen LogP contribution in [0.3, 0.4) is 0 Å². The van der Waals surface area contributed by atoms with Gasteiger partial charge in [-0.05, 0) is 18.2 Å². The summed E-state index contributed by atoms with van der Waals surface area (Å²) in [7, 11) is -2.33. The van der Waals surface area contributed by atoms with Crippen LogP contribution < -0.4 is 4.72 Å². The van der Waals surface area contributed by atoms with Crippen molar-refractivity contribution in [3.63, 3.8) is 0 Å². The van der Waals surface area contributed by atoms with Crippen LogP contribution in [0.4, 0.5) is 5.69 Å². The Hall–Kier alpha value is -2.51. The van der Waals surface area contributed by atoms with Gasteiger partial charge in [-0.3, -0.25) is 4.72 Å². The molecule has 1 aromatic carbocycles. The van der Waals surface area contributed by atoms with Crippen molar-refractivity contribution >= 4 is 21.7 Å². The number of nitriles is 1. The summed E-state index contributed by atoms with van der Waals surface area (Å²) in [5.74, 6) is 3.92. The van der Waals surface area contributed by atoms with Crippen molar-refractivity contribution in [1.82, 2.24) is 0 Å². The van der Waals surface area contributed by atoms with Crippen molar-refractivity contribution in [3.8, 4) is 17.9 Å². The Morgan fingerprint density at radius 2 is 2.11 bits per heavy atom. The predicted octanol–water partition coefficient (Wildman–Crippen LogP) is 0.454. The number of hydrogen-bond donors (Lipinski definition) is 1. The second-order valence-electron chi connectivity index (χ2n) is 3.49. The van der Waals surface area contributed by atoms with E-state index >= 15 is 0 Å². The van der Waals surface area contributed by atoms with Gasteiger partial charge in [0.1, 0.15) is 0 Å². The number of carbonyl (C=O) groups is 1. The van der Waals surface area contributed by atoms with Crippen LogP contribution in [-0.4, -0.2) is 27.8 Å². The van der Waals surface area contributed by atoms with E-state index < -0.39 is 16.0 Å². The molecule has 0 bridgehead atoms. The van der Waals surface area contributed by atoms with Crippen molar-refractivity contribution in [2.45, 2.75) is 0 Å². The zero-order valence-electron chi connectivity index (χ0n) is 10.2. The van der Waals surface area contributed by atoms with Gasteiger partial charge >= 0.3 is 5.97 Å². The van der Waals surface area contributed by atoms with Crippen LogP contribution >= 0.6 is 0 Å². The summed E-state index contributed by atoms with van der Waals surface area (Å²) in [6.45, 7) is 0. The number of nitrogens with zero attached hydrogens (tertiary/aromatic N) is 1. The Labute approximate surface area is 111 Å². The lowest BCUT2D eigenvalue weighted by molar-refractivity contribution is -0.133. The number of ether oxygens (including phenoxy) is 1. The van der Waals surface area contributed by atoms with Crippen LogP contribution in [0.25, 0.3) is 0 Å². The summed E-state index contributed by atoms with van der Waals surface area (Å²) >= 11 is 0. The molecule has 0 spiro atoms. The smallest absolute Gasteiger partial charge is 0.384 e. The van der Waals surface area contributed by atoms with E-state index in [0.717, 1.165) is 6.26 Å². The van der Waals surface area contributed by atoms with Gasteiger partial charge in [-0.2, -0.15) is 5.26 Å². The lowest BCUT2D eigenvalue weighted by Crippen LogP contribution is -2.11. The number of esters is 1. The van der Waals surface area contributed by atoms with E-state index in [1.54, 1.807) is 0 Å². The fraction of sp³-hybridized carbons (Fsp3) is 0.167. The van der Waals surface area contributed by atoms with Crippen LogP contribution in [-0.2, 0) is 19.6 Å². The zero-order chi connectivity index (χ0) is 14.5. The van der Waals surface area contributed by atoms with Crippen LogP contribution in [0.15, 0.2) is 18.2 Å². The van der Waals surface area contributed by atoms with Crippen molar-refractivity contribution in [2.75, 3.05) is 18.1 Å². The standard InChI is InChI=1S/C12H10N2O4S/c1-18-12(15)6-5-10-4-3-9(8-13)7-11(10)14-19(2,16)17/h3-4,7,14H,1-2H3. The summed E-state index contributed by atoms with van der Waals surface area (Å²) in [6.07, 6.45) is 0.976. The normalized spacial score (nSPS) is 9.74. The molecule has 7 heteroatoms. The highest BCUT2D eigenvalue weighted by molar-refractivity contribution is 7.92. The minimum atomic E-state index is -3.51. The van der Waals surface area contributed by atoms with E-state index in [9.17, 15) is 13.2 Å². The molecule has 0 radical (unpaired) electrons. The number of rotatable bonds is 2. The second-order valence-corrected chi connectivity index (χ2v) is 5.24. The maximum Gasteiger partial charge on any atom is 0.384 e. The third kappa shape index (κ3) is 4.70. The topological polar surface area (TPSA) is 96.3 Å². The fourth-order valence-electron chi connectivity index (χ4n) is 1.18. The number of nitrogens with one attached hydrogen (secondary N) is 1. The largest absolute Gasteiger partial charge is 0.459 e. The molecular formula is C12H10N2O4S. The van der Waals surface area contributed by atoms with Gasteiger partial charge in [0.15, 0.2) is 0 Å². The molecular weight excluding hydrogens is 268 g/mol. The molecule has 1 N–H and O–H groups in total. The third-order valence-corrected chi connectivity index (χ3v) is 2.52. The number of sulfonamides is 1. The molecule has 1 aromatic rings. The van der Waals surface area contributed by atoms with E-state index in [1.807, 2.05) is 6.07 Å². The first-order valence-electron chi connectivity index (χ1n) is 4.97. The van der Waals surface area contributed by atoms with Crippen LogP contribution in [0.1, 0.15) is 11.1 Å². The van der Waals surface area contributed by atoms with Gasteiger partial charge in [0.25, 0.3) is 0 Å². The summed E-state index contributed by atoms with van der Waals surface area (Å²) < 4.78 is 29.0. The minimum Gasteiger partial charge on any atom is -0.459 e. The van der Waals surface area contributed by atoms with Crippen LogP contribution in [0.5, 0.6) is 0 Å². The average molecular weight is 278 g/mol. The molecule has 0 heterocycles. The monoisotopic (exact) mass is 278 g/mol. The van der Waals surface area contributed by atoms with Crippen LogP contribution in [0, 0.1) is 23.2 Å². The number of methoxy groups -OCH3 is 1. The Morgan fingerprint density at radius 3 is 2.63 bits per heavy atom. The molecule has 0 aliphatic heterocycles. The van der Waals surface area contributed by atoms with E-state index in [1.165, 1.54) is 25.3 Å². The Balaban J connectivity index is 3.27. The summed E-state index contributed by atoms with van der Waals surface area (Å²) in [5, 5.41) is 8.77. The molecule has 1 rings (SSSR count). The summed E-state index contributed by atoms with van der Waals surface area (Å²) in [4.78, 5) is 10.9. The highest BCUT2D eigenvalue weighted by Gasteiger charge is 2.07. The van der Waals surface area contributed by atoms with Gasteiger partial charge in [-0.25, -0.2) is 13.2 Å². The van der Waals surface area contributed by atoms with Gasteiger partial charge in [0, 0.05) is 11.5 Å². The zero-order valence-corrected chi connectivity index (χ0v) is 11.0. The number of carbonyl (C=O) groups excluding carboxylic acids is 1. The van der Waals surface area contributed by atoms with Crippen molar-refractivity contribution < 1.29 is 17.9 Å². The summed E-state index contributed by atoms with van der Waals surface area (Å²) in [6, 6.07) is 6.13. The van der Waals surface area contributed by atoms with Gasteiger partial charge in [0.05, 0.1) is 30.7 Å². The number of benzene rings is 1. The first-order chi connectivity index (χ1) is 8.85. The second kappa shape index (κ2) is 5.89. The Kier molecular flexibility index (Phi) is 4.51. The highest BCUT2D eigenvalue weighted by atomic mass is 32.2. The average Bonchev–Trinajstić information content (AvgIpc) is 2.34. The van der Waals surface area contributed by atoms with E-state index in [2.05, 4.69) is 21.3 Å². The molecule has 19 heavy (non-hydrogen) atoms. The Morgan fingerprint density at radius 1 is 1.42 bits per heavy atom. The number of hydrogen-bond acceptors (Lipinski definition) is 5. The maximum absolute atomic E-state index is 11.2. The van der Waals surface area contributed by atoms with E-state index in [4.69, 9.17) is 5.26 Å². The molecule has 0 aliphatic rings. The highest BCUT2D eigenvalue weighted by Crippen LogP contribution is 2.17. The van der Waals surface area contributed by atoms with Gasteiger partial charge in [0.2, 0.25) is 10.0 Å². The number of anilines is 1. The third-order valence-electron chi connectivity index (χ3n) is 1.93. The maximum atomic E-state index is 11.2. The molecule has 0 saturated carbocycles. The molecule has 0 saturated heterocycles. The lowest BCUT2D eigenvalue weighted by atomic mass is 10.1. The van der Waals surface area contributed by atoms with Gasteiger partial charge in [-0.1, -0.05) is 5.92 Å². The minimum absolute atomic E-state index is 0.137. The van der Waals surface area contributed by atoms with Gasteiger partial charge < -0.3 is 4.74 Å². The predicted molar refractivity (Wildman–Crippen MR) is 68.5 cm³/mol. The molecule has 0 aromatic heterocycles. The lowest BCUT2D eigenvalue weighted by Gasteiger charge is -2.06.